The predicted molar refractivity (Wildman–Crippen MR) is 74.2 cm³/mol. The van der Waals surface area contributed by atoms with Gasteiger partial charge in [0.2, 0.25) is 5.89 Å². The number of hydrogen-bond donors (Lipinski definition) is 0. The molecule has 0 N–H and O–H groups in total. The van der Waals surface area contributed by atoms with E-state index >= 15 is 0 Å². The summed E-state index contributed by atoms with van der Waals surface area (Å²) in [7, 11) is 0. The van der Waals surface area contributed by atoms with Crippen molar-refractivity contribution < 1.29 is 4.52 Å². The van der Waals surface area contributed by atoms with Crippen molar-refractivity contribution in [2.24, 2.45) is 0 Å². The first-order chi connectivity index (χ1) is 9.15. The lowest BCUT2D eigenvalue weighted by molar-refractivity contribution is 0.360. The van der Waals surface area contributed by atoms with Gasteiger partial charge in [0.15, 0.2) is 5.82 Å². The Morgan fingerprint density at radius 3 is 2.84 bits per heavy atom. The maximum Gasteiger partial charge on any atom is 0.229 e. The Morgan fingerprint density at radius 2 is 2.11 bits per heavy atom. The van der Waals surface area contributed by atoms with Crippen LogP contribution in [0.15, 0.2) is 35.0 Å². The monoisotopic (exact) mass is 255 g/mol. The number of aryl methyl sites for hydroxylation is 1. The molecule has 98 valence electrons. The Hall–Kier alpha value is -2.10. The molecule has 0 saturated carbocycles. The molecule has 19 heavy (non-hydrogen) atoms. The van der Waals surface area contributed by atoms with Crippen LogP contribution >= 0.6 is 0 Å². The van der Waals surface area contributed by atoms with Gasteiger partial charge in [-0.2, -0.15) is 4.98 Å². The summed E-state index contributed by atoms with van der Waals surface area (Å²) >= 11 is 0. The molecule has 0 fully saturated rings. The van der Waals surface area contributed by atoms with E-state index in [1.807, 2.05) is 13.8 Å². The van der Waals surface area contributed by atoms with Gasteiger partial charge in [0.1, 0.15) is 0 Å². The van der Waals surface area contributed by atoms with Crippen molar-refractivity contribution in [1.29, 1.82) is 0 Å². The zero-order valence-corrected chi connectivity index (χ0v) is 11.4. The second kappa shape index (κ2) is 4.53. The van der Waals surface area contributed by atoms with Crippen LogP contribution in [0.1, 0.15) is 37.0 Å². The summed E-state index contributed by atoms with van der Waals surface area (Å²) in [6.45, 7) is 6.86. The maximum atomic E-state index is 5.24. The van der Waals surface area contributed by atoms with Crippen LogP contribution in [0.2, 0.25) is 0 Å². The van der Waals surface area contributed by atoms with Crippen LogP contribution in [0.5, 0.6) is 0 Å². The zero-order valence-electron chi connectivity index (χ0n) is 11.4. The molecule has 0 bridgehead atoms. The molecule has 2 heterocycles. The van der Waals surface area contributed by atoms with Crippen LogP contribution in [-0.4, -0.2) is 14.7 Å². The van der Waals surface area contributed by atoms with Crippen molar-refractivity contribution in [3.8, 4) is 0 Å². The van der Waals surface area contributed by atoms with Gasteiger partial charge in [0, 0.05) is 23.0 Å². The summed E-state index contributed by atoms with van der Waals surface area (Å²) in [5, 5.41) is 5.31. The third-order valence-electron chi connectivity index (χ3n) is 3.32. The Bertz CT molecular complexity index is 709. The molecule has 0 aliphatic heterocycles. The summed E-state index contributed by atoms with van der Waals surface area (Å²) in [5.74, 6) is 1.69. The van der Waals surface area contributed by atoms with Crippen LogP contribution < -0.4 is 0 Å². The second-order valence-electron chi connectivity index (χ2n) is 5.15. The van der Waals surface area contributed by atoms with Crippen molar-refractivity contribution >= 4 is 10.9 Å². The standard InChI is InChI=1S/C15H17N3O/c1-10(2)15-16-14(17-19-15)9-18-8-7-12-11(3)5-4-6-13(12)18/h4-8,10H,9H2,1-3H3. The van der Waals surface area contributed by atoms with Crippen molar-refractivity contribution in [2.75, 3.05) is 0 Å². The lowest BCUT2D eigenvalue weighted by Crippen LogP contribution is -2.00. The molecular weight excluding hydrogens is 238 g/mol. The molecule has 0 aliphatic carbocycles. The fourth-order valence-electron chi connectivity index (χ4n) is 2.23. The SMILES string of the molecule is Cc1cccc2c1ccn2Cc1noc(C(C)C)n1. The van der Waals surface area contributed by atoms with E-state index in [0.717, 1.165) is 5.82 Å². The number of aromatic nitrogens is 3. The summed E-state index contributed by atoms with van der Waals surface area (Å²) in [5.41, 5.74) is 2.49. The molecule has 2 aromatic heterocycles. The van der Waals surface area contributed by atoms with E-state index in [2.05, 4.69) is 52.1 Å². The fourth-order valence-corrected chi connectivity index (χ4v) is 2.23. The predicted octanol–water partition coefficient (Wildman–Crippen LogP) is 3.50. The van der Waals surface area contributed by atoms with Gasteiger partial charge in [-0.05, 0) is 24.6 Å². The largest absolute Gasteiger partial charge is 0.340 e. The first-order valence-electron chi connectivity index (χ1n) is 6.52. The number of hydrogen-bond acceptors (Lipinski definition) is 3. The van der Waals surface area contributed by atoms with E-state index in [1.54, 1.807) is 0 Å². The van der Waals surface area contributed by atoms with Gasteiger partial charge in [0.05, 0.1) is 6.54 Å². The zero-order chi connectivity index (χ0) is 13.4. The van der Waals surface area contributed by atoms with Gasteiger partial charge >= 0.3 is 0 Å². The van der Waals surface area contributed by atoms with E-state index in [1.165, 1.54) is 16.5 Å². The van der Waals surface area contributed by atoms with Gasteiger partial charge in [-0.25, -0.2) is 0 Å². The topological polar surface area (TPSA) is 43.9 Å². The molecule has 0 atom stereocenters. The molecular formula is C15H17N3O. The van der Waals surface area contributed by atoms with Gasteiger partial charge in [-0.15, -0.1) is 0 Å². The number of benzene rings is 1. The number of nitrogens with zero attached hydrogens (tertiary/aromatic N) is 3. The molecule has 0 aliphatic rings. The Morgan fingerprint density at radius 1 is 1.26 bits per heavy atom. The Balaban J connectivity index is 1.94. The summed E-state index contributed by atoms with van der Waals surface area (Å²) in [6.07, 6.45) is 2.07. The number of rotatable bonds is 3. The van der Waals surface area contributed by atoms with E-state index in [4.69, 9.17) is 4.52 Å². The summed E-state index contributed by atoms with van der Waals surface area (Å²) < 4.78 is 7.39. The van der Waals surface area contributed by atoms with Gasteiger partial charge in [-0.1, -0.05) is 31.1 Å². The van der Waals surface area contributed by atoms with Crippen molar-refractivity contribution in [3.05, 3.63) is 47.7 Å². The minimum Gasteiger partial charge on any atom is -0.340 e. The normalized spacial score (nSPS) is 11.6. The highest BCUT2D eigenvalue weighted by molar-refractivity contribution is 5.83. The minimum absolute atomic E-state index is 0.268. The second-order valence-corrected chi connectivity index (χ2v) is 5.15. The Kier molecular flexibility index (Phi) is 2.85. The van der Waals surface area contributed by atoms with E-state index in [9.17, 15) is 0 Å². The molecule has 1 aromatic carbocycles. The highest BCUT2D eigenvalue weighted by atomic mass is 16.5. The lowest BCUT2D eigenvalue weighted by atomic mass is 10.1. The molecule has 0 saturated heterocycles. The van der Waals surface area contributed by atoms with Gasteiger partial charge in [-0.3, -0.25) is 0 Å². The van der Waals surface area contributed by atoms with Gasteiger partial charge in [0.25, 0.3) is 0 Å². The number of fused-ring (bicyclic) bond motifs is 1. The average Bonchev–Trinajstić information content (AvgIpc) is 2.98. The molecule has 0 spiro atoms. The van der Waals surface area contributed by atoms with Crippen LogP contribution in [0.25, 0.3) is 10.9 Å². The fraction of sp³-hybridized carbons (Fsp3) is 0.333. The third-order valence-corrected chi connectivity index (χ3v) is 3.32. The minimum atomic E-state index is 0.268. The van der Waals surface area contributed by atoms with Gasteiger partial charge < -0.3 is 9.09 Å². The van der Waals surface area contributed by atoms with E-state index in [-0.39, 0.29) is 5.92 Å². The van der Waals surface area contributed by atoms with E-state index in [0.29, 0.717) is 12.4 Å². The highest BCUT2D eigenvalue weighted by Crippen LogP contribution is 2.20. The first kappa shape index (κ1) is 12.0. The maximum absolute atomic E-state index is 5.24. The first-order valence-corrected chi connectivity index (χ1v) is 6.52. The van der Waals surface area contributed by atoms with Crippen molar-refractivity contribution in [3.63, 3.8) is 0 Å². The van der Waals surface area contributed by atoms with Crippen molar-refractivity contribution in [2.45, 2.75) is 33.2 Å². The quantitative estimate of drug-likeness (QED) is 0.719. The molecule has 4 nitrogen and oxygen atoms in total. The smallest absolute Gasteiger partial charge is 0.229 e. The average molecular weight is 255 g/mol. The lowest BCUT2D eigenvalue weighted by Gasteiger charge is -2.02. The highest BCUT2D eigenvalue weighted by Gasteiger charge is 2.11. The van der Waals surface area contributed by atoms with Crippen LogP contribution in [-0.2, 0) is 6.54 Å². The molecule has 3 rings (SSSR count). The molecule has 4 heteroatoms. The van der Waals surface area contributed by atoms with Crippen molar-refractivity contribution in [1.82, 2.24) is 14.7 Å². The Labute approximate surface area is 112 Å². The summed E-state index contributed by atoms with van der Waals surface area (Å²) in [6, 6.07) is 8.45. The van der Waals surface area contributed by atoms with Crippen LogP contribution in [0.3, 0.4) is 0 Å². The molecule has 0 unspecified atom stereocenters. The molecule has 0 amide bonds. The summed E-state index contributed by atoms with van der Waals surface area (Å²) in [4.78, 5) is 4.42. The van der Waals surface area contributed by atoms with Crippen LogP contribution in [0.4, 0.5) is 0 Å². The van der Waals surface area contributed by atoms with Crippen LogP contribution in [0, 0.1) is 6.92 Å². The third kappa shape index (κ3) is 2.14. The molecule has 3 aromatic rings. The molecule has 0 radical (unpaired) electrons. The van der Waals surface area contributed by atoms with E-state index < -0.39 is 0 Å².